The van der Waals surface area contributed by atoms with Gasteiger partial charge in [-0.05, 0) is 54.3 Å². The number of rotatable bonds is 5. The Kier molecular flexibility index (Phi) is 5.48. The summed E-state index contributed by atoms with van der Waals surface area (Å²) in [7, 11) is 0. The Hall–Kier alpha value is -3.10. The number of amides is 1. The van der Waals surface area contributed by atoms with Gasteiger partial charge in [0.15, 0.2) is 0 Å². The second-order valence-electron chi connectivity index (χ2n) is 8.05. The summed E-state index contributed by atoms with van der Waals surface area (Å²) >= 11 is 0. The lowest BCUT2D eigenvalue weighted by Gasteiger charge is -2.25. The first-order valence-corrected chi connectivity index (χ1v) is 10.5. The molecule has 1 fully saturated rings. The predicted octanol–water partition coefficient (Wildman–Crippen LogP) is 2.62. The Balaban J connectivity index is 1.24. The summed E-state index contributed by atoms with van der Waals surface area (Å²) in [5, 5.41) is 7.13. The summed E-state index contributed by atoms with van der Waals surface area (Å²) in [6.07, 6.45) is 3.15. The van der Waals surface area contributed by atoms with Crippen LogP contribution in [0.1, 0.15) is 11.1 Å². The van der Waals surface area contributed by atoms with Gasteiger partial charge in [-0.1, -0.05) is 6.07 Å². The minimum absolute atomic E-state index is 0.0102. The Labute approximate surface area is 179 Å². The lowest BCUT2D eigenvalue weighted by molar-refractivity contribution is -0.118. The lowest BCUT2D eigenvalue weighted by atomic mass is 10.1. The number of morpholine rings is 1. The van der Waals surface area contributed by atoms with E-state index < -0.39 is 0 Å². The SMILES string of the molecule is O=C(CN1CCOCC1)Nc1ccc2c(c1)CC(Nc1ncnc3ccc(F)cc13)C2. The number of ether oxygens (including phenoxy) is 1. The third-order valence-corrected chi connectivity index (χ3v) is 5.83. The van der Waals surface area contributed by atoms with Crippen LogP contribution in [0.25, 0.3) is 10.9 Å². The lowest BCUT2D eigenvalue weighted by Crippen LogP contribution is -2.41. The standard InChI is InChI=1S/C23H24FN5O2/c24-17-2-4-21-20(12-17)23(26-14-25-21)28-19-9-15-1-3-18(10-16(15)11-19)27-22(30)13-29-5-7-31-8-6-29/h1-4,10,12,14,19H,5-9,11,13H2,(H,27,30)(H,25,26,28). The minimum atomic E-state index is -0.308. The van der Waals surface area contributed by atoms with Crippen molar-refractivity contribution in [2.75, 3.05) is 43.5 Å². The molecule has 1 saturated heterocycles. The first kappa shape index (κ1) is 19.8. The molecule has 0 saturated carbocycles. The van der Waals surface area contributed by atoms with Crippen molar-refractivity contribution in [3.63, 3.8) is 0 Å². The molecule has 1 unspecified atom stereocenters. The topological polar surface area (TPSA) is 79.4 Å². The van der Waals surface area contributed by atoms with Crippen LogP contribution in [0.4, 0.5) is 15.9 Å². The molecule has 0 radical (unpaired) electrons. The molecule has 3 aromatic rings. The van der Waals surface area contributed by atoms with E-state index in [1.54, 1.807) is 6.07 Å². The van der Waals surface area contributed by atoms with E-state index in [0.717, 1.165) is 31.6 Å². The fraction of sp³-hybridized carbons (Fsp3) is 0.348. The molecule has 8 heteroatoms. The van der Waals surface area contributed by atoms with Gasteiger partial charge >= 0.3 is 0 Å². The molecule has 160 valence electrons. The average Bonchev–Trinajstić information content (AvgIpc) is 3.16. The zero-order chi connectivity index (χ0) is 21.2. The van der Waals surface area contributed by atoms with Crippen LogP contribution in [0.2, 0.25) is 0 Å². The van der Waals surface area contributed by atoms with Crippen LogP contribution in [-0.2, 0) is 22.4 Å². The highest BCUT2D eigenvalue weighted by Gasteiger charge is 2.23. The second kappa shape index (κ2) is 8.56. The highest BCUT2D eigenvalue weighted by atomic mass is 19.1. The Morgan fingerprint density at radius 2 is 1.94 bits per heavy atom. The van der Waals surface area contributed by atoms with Gasteiger partial charge in [0, 0.05) is 30.2 Å². The van der Waals surface area contributed by atoms with E-state index in [1.165, 1.54) is 29.6 Å². The van der Waals surface area contributed by atoms with Gasteiger partial charge in [0.1, 0.15) is 18.0 Å². The van der Waals surface area contributed by atoms with Gasteiger partial charge < -0.3 is 15.4 Å². The van der Waals surface area contributed by atoms with E-state index in [-0.39, 0.29) is 17.8 Å². The number of nitrogens with one attached hydrogen (secondary N) is 2. The van der Waals surface area contributed by atoms with Gasteiger partial charge in [-0.3, -0.25) is 9.69 Å². The first-order valence-electron chi connectivity index (χ1n) is 10.5. The number of fused-ring (bicyclic) bond motifs is 2. The third kappa shape index (κ3) is 4.50. The van der Waals surface area contributed by atoms with Crippen LogP contribution in [-0.4, -0.2) is 59.7 Å². The number of aromatic nitrogens is 2. The maximum Gasteiger partial charge on any atom is 0.238 e. The van der Waals surface area contributed by atoms with Crippen LogP contribution in [0, 0.1) is 5.82 Å². The number of carbonyl (C=O) groups excluding carboxylic acids is 1. The molecular formula is C23H24FN5O2. The van der Waals surface area contributed by atoms with Crippen molar-refractivity contribution < 1.29 is 13.9 Å². The Bertz CT molecular complexity index is 1120. The molecule has 1 aliphatic carbocycles. The number of halogens is 1. The molecule has 1 atom stereocenters. The molecule has 1 aliphatic heterocycles. The van der Waals surface area contributed by atoms with Crippen molar-refractivity contribution in [1.82, 2.24) is 14.9 Å². The van der Waals surface area contributed by atoms with Gasteiger partial charge in [0.25, 0.3) is 0 Å². The number of anilines is 2. The van der Waals surface area contributed by atoms with E-state index in [2.05, 4.69) is 31.6 Å². The van der Waals surface area contributed by atoms with E-state index in [9.17, 15) is 9.18 Å². The van der Waals surface area contributed by atoms with E-state index in [0.29, 0.717) is 36.5 Å². The molecule has 0 spiro atoms. The van der Waals surface area contributed by atoms with Gasteiger partial charge in [-0.15, -0.1) is 0 Å². The van der Waals surface area contributed by atoms with Crippen LogP contribution >= 0.6 is 0 Å². The summed E-state index contributed by atoms with van der Waals surface area (Å²) < 4.78 is 19.0. The molecule has 2 heterocycles. The molecule has 1 aromatic heterocycles. The molecule has 7 nitrogen and oxygen atoms in total. The molecule has 2 aliphatic rings. The van der Waals surface area contributed by atoms with Crippen LogP contribution in [0.3, 0.4) is 0 Å². The van der Waals surface area contributed by atoms with Gasteiger partial charge in [0.2, 0.25) is 5.91 Å². The van der Waals surface area contributed by atoms with Crippen LogP contribution in [0.15, 0.2) is 42.7 Å². The van der Waals surface area contributed by atoms with E-state index in [4.69, 9.17) is 4.74 Å². The summed E-state index contributed by atoms with van der Waals surface area (Å²) in [5.74, 6) is 0.322. The molecule has 0 bridgehead atoms. The quantitative estimate of drug-likeness (QED) is 0.659. The molecule has 1 amide bonds. The van der Waals surface area contributed by atoms with Crippen molar-refractivity contribution in [3.8, 4) is 0 Å². The summed E-state index contributed by atoms with van der Waals surface area (Å²) in [4.78, 5) is 23.0. The smallest absolute Gasteiger partial charge is 0.238 e. The monoisotopic (exact) mass is 421 g/mol. The van der Waals surface area contributed by atoms with Crippen molar-refractivity contribution >= 4 is 28.3 Å². The first-order chi connectivity index (χ1) is 15.1. The highest BCUT2D eigenvalue weighted by Crippen LogP contribution is 2.29. The second-order valence-corrected chi connectivity index (χ2v) is 8.05. The zero-order valence-electron chi connectivity index (χ0n) is 17.1. The molecule has 2 aromatic carbocycles. The average molecular weight is 421 g/mol. The number of nitrogens with zero attached hydrogens (tertiary/aromatic N) is 3. The Morgan fingerprint density at radius 1 is 1.10 bits per heavy atom. The van der Waals surface area contributed by atoms with Gasteiger partial charge in [-0.25, -0.2) is 14.4 Å². The van der Waals surface area contributed by atoms with Crippen molar-refractivity contribution in [3.05, 3.63) is 59.7 Å². The maximum atomic E-state index is 13.7. The predicted molar refractivity (Wildman–Crippen MR) is 117 cm³/mol. The summed E-state index contributed by atoms with van der Waals surface area (Å²) in [6.45, 7) is 3.30. The fourth-order valence-corrected chi connectivity index (χ4v) is 4.30. The number of hydrogen-bond acceptors (Lipinski definition) is 6. The van der Waals surface area contributed by atoms with Crippen LogP contribution in [0.5, 0.6) is 0 Å². The van der Waals surface area contributed by atoms with E-state index >= 15 is 0 Å². The van der Waals surface area contributed by atoms with Gasteiger partial charge in [0.05, 0.1) is 25.3 Å². The van der Waals surface area contributed by atoms with Crippen molar-refractivity contribution in [1.29, 1.82) is 0 Å². The van der Waals surface area contributed by atoms with E-state index in [1.807, 2.05) is 12.1 Å². The summed E-state index contributed by atoms with van der Waals surface area (Å²) in [6, 6.07) is 10.7. The molecule has 31 heavy (non-hydrogen) atoms. The molecule has 5 rings (SSSR count). The zero-order valence-corrected chi connectivity index (χ0v) is 17.1. The van der Waals surface area contributed by atoms with Gasteiger partial charge in [-0.2, -0.15) is 0 Å². The van der Waals surface area contributed by atoms with Crippen molar-refractivity contribution in [2.24, 2.45) is 0 Å². The summed E-state index contributed by atoms with van der Waals surface area (Å²) in [5.41, 5.74) is 3.96. The number of benzene rings is 2. The molecular weight excluding hydrogens is 397 g/mol. The largest absolute Gasteiger partial charge is 0.379 e. The number of hydrogen-bond donors (Lipinski definition) is 2. The van der Waals surface area contributed by atoms with Crippen molar-refractivity contribution in [2.45, 2.75) is 18.9 Å². The fourth-order valence-electron chi connectivity index (χ4n) is 4.30. The number of carbonyl (C=O) groups is 1. The molecule has 2 N–H and O–H groups in total. The Morgan fingerprint density at radius 3 is 2.81 bits per heavy atom. The normalized spacial score (nSPS) is 18.7. The highest BCUT2D eigenvalue weighted by molar-refractivity contribution is 5.92. The third-order valence-electron chi connectivity index (χ3n) is 5.83. The minimum Gasteiger partial charge on any atom is -0.379 e. The van der Waals surface area contributed by atoms with Crippen LogP contribution < -0.4 is 10.6 Å². The maximum absolute atomic E-state index is 13.7.